The third-order valence-electron chi connectivity index (χ3n) is 7.69. The average Bonchev–Trinajstić information content (AvgIpc) is 2.88. The van der Waals surface area contributed by atoms with Crippen molar-refractivity contribution in [2.24, 2.45) is 5.92 Å². The van der Waals surface area contributed by atoms with Crippen molar-refractivity contribution < 1.29 is 31.4 Å². The lowest BCUT2D eigenvalue weighted by atomic mass is 9.77. The fourth-order valence-corrected chi connectivity index (χ4v) is 5.42. The molecule has 2 nitrogen and oxygen atoms in total. The maximum Gasteiger partial charge on any atom is 0.573 e. The molecule has 0 spiro atoms. The molecule has 2 aromatic carbocycles. The van der Waals surface area contributed by atoms with E-state index in [1.807, 2.05) is 0 Å². The van der Waals surface area contributed by atoms with Crippen LogP contribution in [0.1, 0.15) is 120 Å². The minimum Gasteiger partial charge on any atom is -0.406 e. The monoisotopic (exact) mass is 540 g/mol. The minimum atomic E-state index is -4.81. The van der Waals surface area contributed by atoms with Gasteiger partial charge in [0.1, 0.15) is 5.75 Å². The Bertz CT molecular complexity index is 932. The molecule has 2 aromatic rings. The van der Waals surface area contributed by atoms with E-state index < -0.39 is 24.3 Å². The SMILES string of the molecule is CCCCCCCCCC1CCC(c2ccc(C(F)(F)OC(C)c3ccc(OC(F)(F)F)cc3)cc2)CC1. The van der Waals surface area contributed by atoms with Crippen LogP contribution in [0, 0.1) is 5.92 Å². The highest BCUT2D eigenvalue weighted by Crippen LogP contribution is 2.40. The van der Waals surface area contributed by atoms with E-state index >= 15 is 0 Å². The van der Waals surface area contributed by atoms with Crippen LogP contribution in [0.15, 0.2) is 48.5 Å². The van der Waals surface area contributed by atoms with Crippen LogP contribution in [0.25, 0.3) is 0 Å². The molecular weight excluding hydrogens is 499 g/mol. The summed E-state index contributed by atoms with van der Waals surface area (Å²) in [7, 11) is 0. The smallest absolute Gasteiger partial charge is 0.406 e. The van der Waals surface area contributed by atoms with Crippen LogP contribution in [-0.4, -0.2) is 6.36 Å². The van der Waals surface area contributed by atoms with Gasteiger partial charge in [-0.1, -0.05) is 94.7 Å². The first-order chi connectivity index (χ1) is 18.1. The Morgan fingerprint density at radius 3 is 1.92 bits per heavy atom. The summed E-state index contributed by atoms with van der Waals surface area (Å²) in [4.78, 5) is 0. The van der Waals surface area contributed by atoms with Crippen molar-refractivity contribution in [1.82, 2.24) is 0 Å². The van der Waals surface area contributed by atoms with Gasteiger partial charge in [-0.3, -0.25) is 0 Å². The van der Waals surface area contributed by atoms with Crippen LogP contribution in [0.4, 0.5) is 22.0 Å². The molecule has 1 unspecified atom stereocenters. The molecular formula is C31H41F5O2. The van der Waals surface area contributed by atoms with Gasteiger partial charge in [0.2, 0.25) is 0 Å². The second-order valence-electron chi connectivity index (χ2n) is 10.6. The summed E-state index contributed by atoms with van der Waals surface area (Å²) in [5.41, 5.74) is 1.18. The van der Waals surface area contributed by atoms with E-state index in [2.05, 4.69) is 11.7 Å². The number of halogens is 5. The molecule has 0 amide bonds. The molecule has 0 saturated heterocycles. The van der Waals surface area contributed by atoms with Crippen molar-refractivity contribution in [3.63, 3.8) is 0 Å². The Labute approximate surface area is 223 Å². The van der Waals surface area contributed by atoms with E-state index in [0.29, 0.717) is 11.5 Å². The lowest BCUT2D eigenvalue weighted by Crippen LogP contribution is -2.21. The van der Waals surface area contributed by atoms with Gasteiger partial charge in [0.15, 0.2) is 0 Å². The molecule has 1 fully saturated rings. The molecule has 38 heavy (non-hydrogen) atoms. The number of rotatable bonds is 14. The van der Waals surface area contributed by atoms with Gasteiger partial charge in [-0.05, 0) is 67.7 Å². The Hall–Kier alpha value is -2.15. The summed E-state index contributed by atoms with van der Waals surface area (Å²) in [6, 6.07) is 11.1. The second kappa shape index (κ2) is 14.3. The van der Waals surface area contributed by atoms with Crippen LogP contribution in [0.2, 0.25) is 0 Å². The fourth-order valence-electron chi connectivity index (χ4n) is 5.42. The first kappa shape index (κ1) is 30.4. The topological polar surface area (TPSA) is 18.5 Å². The number of hydrogen-bond donors (Lipinski definition) is 0. The van der Waals surface area contributed by atoms with Crippen molar-refractivity contribution >= 4 is 0 Å². The van der Waals surface area contributed by atoms with Gasteiger partial charge in [0.25, 0.3) is 0 Å². The number of unbranched alkanes of at least 4 members (excludes halogenated alkanes) is 6. The molecule has 212 valence electrons. The number of ether oxygens (including phenoxy) is 2. The van der Waals surface area contributed by atoms with Crippen LogP contribution in [0.3, 0.4) is 0 Å². The van der Waals surface area contributed by atoms with E-state index in [9.17, 15) is 22.0 Å². The predicted molar refractivity (Wildman–Crippen MR) is 140 cm³/mol. The van der Waals surface area contributed by atoms with Gasteiger partial charge in [-0.25, -0.2) is 0 Å². The van der Waals surface area contributed by atoms with Gasteiger partial charge >= 0.3 is 12.5 Å². The van der Waals surface area contributed by atoms with Gasteiger partial charge in [0, 0.05) is 0 Å². The van der Waals surface area contributed by atoms with Crippen molar-refractivity contribution in [3.8, 4) is 5.75 Å². The molecule has 3 rings (SSSR count). The summed E-state index contributed by atoms with van der Waals surface area (Å²) in [5.74, 6) is 0.775. The summed E-state index contributed by atoms with van der Waals surface area (Å²) in [6.45, 7) is 3.68. The van der Waals surface area contributed by atoms with Crippen molar-refractivity contribution in [3.05, 3.63) is 65.2 Å². The molecule has 0 radical (unpaired) electrons. The normalized spacial score (nSPS) is 19.3. The van der Waals surface area contributed by atoms with E-state index in [4.69, 9.17) is 4.74 Å². The molecule has 0 heterocycles. The van der Waals surface area contributed by atoms with E-state index in [1.54, 1.807) is 12.1 Å². The minimum absolute atomic E-state index is 0.238. The molecule has 0 aromatic heterocycles. The maximum atomic E-state index is 14.9. The quantitative estimate of drug-likeness (QED) is 0.175. The lowest BCUT2D eigenvalue weighted by Gasteiger charge is -2.29. The molecule has 0 N–H and O–H groups in total. The first-order valence-corrected chi connectivity index (χ1v) is 14.1. The molecule has 0 aliphatic heterocycles. The zero-order chi connectivity index (χ0) is 27.6. The van der Waals surface area contributed by atoms with Gasteiger partial charge in [0.05, 0.1) is 11.7 Å². The predicted octanol–water partition coefficient (Wildman–Crippen LogP) is 10.8. The largest absolute Gasteiger partial charge is 0.573 e. The Morgan fingerprint density at radius 2 is 1.34 bits per heavy atom. The second-order valence-corrected chi connectivity index (χ2v) is 10.6. The number of benzene rings is 2. The van der Waals surface area contributed by atoms with E-state index in [0.717, 1.165) is 36.5 Å². The summed E-state index contributed by atoms with van der Waals surface area (Å²) >= 11 is 0. The average molecular weight is 541 g/mol. The summed E-state index contributed by atoms with van der Waals surface area (Å²) in [6.07, 6.45) is 5.85. The van der Waals surface area contributed by atoms with Crippen molar-refractivity contribution in [2.45, 2.75) is 115 Å². The Balaban J connectivity index is 1.44. The van der Waals surface area contributed by atoms with Gasteiger partial charge in [-0.2, -0.15) is 8.78 Å². The lowest BCUT2D eigenvalue weighted by molar-refractivity contribution is -0.274. The third kappa shape index (κ3) is 9.87. The summed E-state index contributed by atoms with van der Waals surface area (Å²) in [5, 5.41) is 0. The molecule has 1 atom stereocenters. The van der Waals surface area contributed by atoms with E-state index in [1.165, 1.54) is 95.4 Å². The van der Waals surface area contributed by atoms with Crippen LogP contribution in [0.5, 0.6) is 5.75 Å². The van der Waals surface area contributed by atoms with Crippen LogP contribution >= 0.6 is 0 Å². The molecule has 0 bridgehead atoms. The zero-order valence-electron chi connectivity index (χ0n) is 22.5. The maximum absolute atomic E-state index is 14.9. The van der Waals surface area contributed by atoms with Gasteiger partial charge in [-0.15, -0.1) is 13.2 Å². The fraction of sp³-hybridized carbons (Fsp3) is 0.613. The van der Waals surface area contributed by atoms with Crippen LogP contribution in [-0.2, 0) is 10.8 Å². The molecule has 1 aliphatic rings. The highest BCUT2D eigenvalue weighted by Gasteiger charge is 2.36. The Kier molecular flexibility index (Phi) is 11.4. The Morgan fingerprint density at radius 1 is 0.763 bits per heavy atom. The van der Waals surface area contributed by atoms with Crippen LogP contribution < -0.4 is 4.74 Å². The summed E-state index contributed by atoms with van der Waals surface area (Å²) < 4.78 is 75.5. The third-order valence-corrected chi connectivity index (χ3v) is 7.69. The highest BCUT2D eigenvalue weighted by molar-refractivity contribution is 5.30. The molecule has 1 saturated carbocycles. The van der Waals surface area contributed by atoms with Crippen molar-refractivity contribution in [2.75, 3.05) is 0 Å². The molecule has 7 heteroatoms. The van der Waals surface area contributed by atoms with Crippen molar-refractivity contribution in [1.29, 1.82) is 0 Å². The first-order valence-electron chi connectivity index (χ1n) is 14.1. The van der Waals surface area contributed by atoms with Gasteiger partial charge < -0.3 is 9.47 Å². The molecule has 1 aliphatic carbocycles. The zero-order valence-corrected chi connectivity index (χ0v) is 22.5. The number of hydrogen-bond acceptors (Lipinski definition) is 2. The number of alkyl halides is 5. The standard InChI is InChI=1S/C31H41F5O2/c1-3-4-5-6-7-8-9-10-24-11-13-26(14-12-24)27-15-19-28(20-16-27)30(32,33)37-23(2)25-17-21-29(22-18-25)38-31(34,35)36/h15-24,26H,3-14H2,1-2H3. The van der Waals surface area contributed by atoms with E-state index in [-0.39, 0.29) is 5.56 Å². The highest BCUT2D eigenvalue weighted by atomic mass is 19.4.